The average molecular weight is 258 g/mol. The number of hydrogen-bond donors (Lipinski definition) is 0. The maximum Gasteiger partial charge on any atom is 0 e. The Kier molecular flexibility index (Phi) is 34.3. The van der Waals surface area contributed by atoms with Crippen molar-refractivity contribution in [2.24, 2.45) is 0 Å². The molecule has 0 nitrogen and oxygen atoms in total. The van der Waals surface area contributed by atoms with E-state index in [1.165, 1.54) is 19.3 Å². The van der Waals surface area contributed by atoms with Crippen LogP contribution in [-0.4, -0.2) is 0 Å². The van der Waals surface area contributed by atoms with Gasteiger partial charge in [0.2, 0.25) is 0 Å². The first-order valence-corrected chi connectivity index (χ1v) is 5.80. The van der Waals surface area contributed by atoms with E-state index in [1.54, 1.807) is 14.4 Å². The van der Waals surface area contributed by atoms with Gasteiger partial charge in [-0.3, -0.25) is 0 Å². The Balaban J connectivity index is -0.000000177. The van der Waals surface area contributed by atoms with Crippen molar-refractivity contribution in [3.8, 4) is 0 Å². The largest absolute Gasteiger partial charge is 0 e. The smallest absolute Gasteiger partial charge is 0 e. The molecule has 0 heterocycles. The van der Waals surface area contributed by atoms with Crippen LogP contribution in [0.5, 0.6) is 0 Å². The minimum absolute atomic E-state index is 0. The Morgan fingerprint density at radius 1 is 1.33 bits per heavy atom. The molecule has 0 aliphatic carbocycles. The van der Waals surface area contributed by atoms with Gasteiger partial charge in [0.15, 0.2) is 0 Å². The molecule has 0 saturated heterocycles. The molecule has 0 aliphatic rings. The van der Waals surface area contributed by atoms with Gasteiger partial charge >= 0.3 is 26.2 Å². The summed E-state index contributed by atoms with van der Waals surface area (Å²) < 4.78 is 0. The van der Waals surface area contributed by atoms with Crippen molar-refractivity contribution >= 4 is 0 Å². The van der Waals surface area contributed by atoms with Crippen LogP contribution >= 0.6 is 0 Å². The second-order valence-electron chi connectivity index (χ2n) is 2.12. The molecular formula is C10H20Ni2. The Morgan fingerprint density at radius 2 is 1.83 bits per heavy atom. The van der Waals surface area contributed by atoms with Gasteiger partial charge in [-0.05, 0) is 6.42 Å². The van der Waals surface area contributed by atoms with E-state index in [-0.39, 0.29) is 16.5 Å². The van der Waals surface area contributed by atoms with E-state index >= 15 is 0 Å². The van der Waals surface area contributed by atoms with Crippen LogP contribution in [0.25, 0.3) is 0 Å². The molecule has 0 radical (unpaired) electrons. The van der Waals surface area contributed by atoms with Crippen molar-refractivity contribution in [2.45, 2.75) is 38.0 Å². The van der Waals surface area contributed by atoms with Crippen molar-refractivity contribution in [2.75, 3.05) is 0 Å². The van der Waals surface area contributed by atoms with E-state index in [0.29, 0.717) is 0 Å². The third-order valence-corrected chi connectivity index (χ3v) is 0.997. The van der Waals surface area contributed by atoms with E-state index in [2.05, 4.69) is 31.4 Å². The zero-order valence-electron chi connectivity index (χ0n) is 8.19. The van der Waals surface area contributed by atoms with Crippen LogP contribution in [-0.2, 0) is 30.9 Å². The predicted octanol–water partition coefficient (Wildman–Crippen LogP) is 4.08. The summed E-state index contributed by atoms with van der Waals surface area (Å²) in [5.41, 5.74) is 0. The molecule has 0 aromatic heterocycles. The van der Waals surface area contributed by atoms with E-state index in [4.69, 9.17) is 0 Å². The molecule has 0 N–H and O–H groups in total. The first kappa shape index (κ1) is 18.3. The summed E-state index contributed by atoms with van der Waals surface area (Å²) in [5.74, 6) is 4.12. The molecule has 0 aliphatic heterocycles. The Bertz CT molecular complexity index is 87.8. The summed E-state index contributed by atoms with van der Waals surface area (Å²) in [6.45, 7) is 5.77. The SMILES string of the molecule is C=CC=CCCCC.[CH3][Ni][CH3].[Ni]. The summed E-state index contributed by atoms with van der Waals surface area (Å²) in [6.07, 6.45) is 9.73. The Labute approximate surface area is 93.6 Å². The van der Waals surface area contributed by atoms with Gasteiger partial charge < -0.3 is 0 Å². The maximum atomic E-state index is 3.57. The minimum atomic E-state index is 0. The first-order valence-electron chi connectivity index (χ1n) is 3.82. The molecule has 0 atom stereocenters. The molecule has 0 unspecified atom stereocenters. The molecule has 80 valence electrons. The predicted molar refractivity (Wildman–Crippen MR) is 50.6 cm³/mol. The fourth-order valence-electron chi connectivity index (χ4n) is 0.514. The van der Waals surface area contributed by atoms with Crippen molar-refractivity contribution in [3.63, 3.8) is 0 Å². The summed E-state index contributed by atoms with van der Waals surface area (Å²) in [5, 5.41) is 0. The van der Waals surface area contributed by atoms with Crippen LogP contribution in [0.4, 0.5) is 0 Å². The van der Waals surface area contributed by atoms with E-state index in [9.17, 15) is 0 Å². The second kappa shape index (κ2) is 22.5. The van der Waals surface area contributed by atoms with Gasteiger partial charge in [-0.2, -0.15) is 0 Å². The minimum Gasteiger partial charge on any atom is 0 e. The van der Waals surface area contributed by atoms with E-state index in [0.717, 1.165) is 0 Å². The molecule has 0 saturated carbocycles. The zero-order chi connectivity index (χ0) is 8.95. The van der Waals surface area contributed by atoms with Gasteiger partial charge in [0.25, 0.3) is 0 Å². The van der Waals surface area contributed by atoms with Gasteiger partial charge in [0.05, 0.1) is 0 Å². The fourth-order valence-corrected chi connectivity index (χ4v) is 0.514. The summed E-state index contributed by atoms with van der Waals surface area (Å²) >= 11 is 1.62. The first-order chi connectivity index (χ1) is 5.33. The van der Waals surface area contributed by atoms with Crippen LogP contribution in [0.3, 0.4) is 0 Å². The zero-order valence-corrected chi connectivity index (χ0v) is 10.2. The monoisotopic (exact) mass is 256 g/mol. The van der Waals surface area contributed by atoms with Crippen LogP contribution in [0.15, 0.2) is 24.8 Å². The molecule has 2 heteroatoms. The van der Waals surface area contributed by atoms with Gasteiger partial charge in [0.1, 0.15) is 0 Å². The van der Waals surface area contributed by atoms with Gasteiger partial charge in [-0.15, -0.1) is 0 Å². The number of rotatable bonds is 4. The standard InChI is InChI=1S/C8H14.2CH3.2Ni/c1-3-5-7-8-6-4-2;;;;/h3,5,7H,1,4,6,8H2,2H3;2*1H3;;. The van der Waals surface area contributed by atoms with Crippen molar-refractivity contribution in [3.05, 3.63) is 24.8 Å². The van der Waals surface area contributed by atoms with Gasteiger partial charge in [-0.25, -0.2) is 0 Å². The molecule has 0 bridgehead atoms. The van der Waals surface area contributed by atoms with Crippen LogP contribution < -0.4 is 0 Å². The van der Waals surface area contributed by atoms with Crippen LogP contribution in [0.2, 0.25) is 11.8 Å². The Morgan fingerprint density at radius 3 is 2.17 bits per heavy atom. The van der Waals surface area contributed by atoms with Gasteiger partial charge in [-0.1, -0.05) is 44.6 Å². The maximum absolute atomic E-state index is 3.57. The van der Waals surface area contributed by atoms with Gasteiger partial charge in [0, 0.05) is 16.5 Å². The summed E-state index contributed by atoms with van der Waals surface area (Å²) in [7, 11) is 0. The van der Waals surface area contributed by atoms with Crippen LogP contribution in [0.1, 0.15) is 26.2 Å². The summed E-state index contributed by atoms with van der Waals surface area (Å²) in [4.78, 5) is 0. The fraction of sp³-hybridized carbons (Fsp3) is 0.600. The number of allylic oxidation sites excluding steroid dienone is 3. The quantitative estimate of drug-likeness (QED) is 0.404. The molecule has 0 aromatic carbocycles. The number of hydrogen-bond acceptors (Lipinski definition) is 0. The summed E-state index contributed by atoms with van der Waals surface area (Å²) in [6, 6.07) is 0. The number of unbranched alkanes of at least 4 members (excludes halogenated alkanes) is 2. The van der Waals surface area contributed by atoms with Crippen molar-refractivity contribution in [1.29, 1.82) is 0 Å². The molecule has 0 amide bonds. The second-order valence-corrected chi connectivity index (χ2v) is 3.11. The molecule has 12 heavy (non-hydrogen) atoms. The topological polar surface area (TPSA) is 0 Å². The molecule has 0 fully saturated rings. The third-order valence-electron chi connectivity index (χ3n) is 0.997. The third kappa shape index (κ3) is 31.4. The molecule has 0 aromatic rings. The molecule has 0 spiro atoms. The normalized spacial score (nSPS) is 8.58. The van der Waals surface area contributed by atoms with E-state index < -0.39 is 0 Å². The van der Waals surface area contributed by atoms with Crippen molar-refractivity contribution in [1.82, 2.24) is 0 Å². The van der Waals surface area contributed by atoms with Crippen molar-refractivity contribution < 1.29 is 30.9 Å². The van der Waals surface area contributed by atoms with Crippen LogP contribution in [0, 0.1) is 0 Å². The average Bonchev–Trinajstić information content (AvgIpc) is 2.00. The Hall–Kier alpha value is 0.467. The van der Waals surface area contributed by atoms with E-state index in [1.807, 2.05) is 12.2 Å². The molecule has 0 rings (SSSR count). The molecular weight excluding hydrogens is 237 g/mol.